The van der Waals surface area contributed by atoms with E-state index in [9.17, 15) is 14.9 Å². The molecule has 10 heteroatoms. The fraction of sp³-hybridized carbons (Fsp3) is 0.276. The van der Waals surface area contributed by atoms with Crippen LogP contribution in [-0.2, 0) is 6.61 Å². The predicted molar refractivity (Wildman–Crippen MR) is 155 cm³/mol. The third-order valence-corrected chi connectivity index (χ3v) is 6.72. The van der Waals surface area contributed by atoms with E-state index in [4.69, 9.17) is 14.5 Å². The summed E-state index contributed by atoms with van der Waals surface area (Å²) in [5.74, 6) is 0.714. The minimum Gasteiger partial charge on any atom is -0.490 e. The van der Waals surface area contributed by atoms with E-state index in [0.29, 0.717) is 22.3 Å². The average molecular weight is 593 g/mol. The van der Waals surface area contributed by atoms with Gasteiger partial charge in [-0.1, -0.05) is 59.6 Å². The van der Waals surface area contributed by atoms with E-state index in [0.717, 1.165) is 22.0 Å². The lowest BCUT2D eigenvalue weighted by molar-refractivity contribution is -0.386. The summed E-state index contributed by atoms with van der Waals surface area (Å²) in [6.07, 6.45) is 2.15. The van der Waals surface area contributed by atoms with Gasteiger partial charge in [0.05, 0.1) is 28.6 Å². The number of nitro groups is 1. The van der Waals surface area contributed by atoms with Crippen molar-refractivity contribution in [3.63, 3.8) is 0 Å². The first-order valence-electron chi connectivity index (χ1n) is 12.6. The highest BCUT2D eigenvalue weighted by Crippen LogP contribution is 2.39. The molecule has 0 spiro atoms. The minimum atomic E-state index is -0.517. The molecular weight excluding hydrogens is 564 g/mol. The molecule has 0 saturated carbocycles. The van der Waals surface area contributed by atoms with E-state index in [1.807, 2.05) is 51.1 Å². The molecule has 0 unspecified atom stereocenters. The SMILES string of the molecule is CCOc1cc(C=Nn2c([C@@H](C)CC)nc3ccc(Br)cc3c2=O)cc([N+](=O)[O-])c1OCc1cccc(C)c1. The molecule has 1 atom stereocenters. The first-order valence-corrected chi connectivity index (χ1v) is 13.4. The number of ether oxygens (including phenoxy) is 2. The molecule has 0 bridgehead atoms. The molecule has 0 saturated heterocycles. The van der Waals surface area contributed by atoms with E-state index in [-0.39, 0.29) is 41.9 Å². The van der Waals surface area contributed by atoms with Gasteiger partial charge in [0.25, 0.3) is 5.56 Å². The highest BCUT2D eigenvalue weighted by atomic mass is 79.9. The summed E-state index contributed by atoms with van der Waals surface area (Å²) >= 11 is 3.41. The molecule has 0 N–H and O–H groups in total. The van der Waals surface area contributed by atoms with E-state index in [2.05, 4.69) is 21.0 Å². The van der Waals surface area contributed by atoms with Gasteiger partial charge in [0.15, 0.2) is 5.75 Å². The molecule has 1 aromatic heterocycles. The lowest BCUT2D eigenvalue weighted by Gasteiger charge is -2.15. The van der Waals surface area contributed by atoms with Gasteiger partial charge in [-0.2, -0.15) is 9.78 Å². The number of halogens is 1. The smallest absolute Gasteiger partial charge is 0.315 e. The molecule has 0 aliphatic heterocycles. The van der Waals surface area contributed by atoms with Crippen molar-refractivity contribution >= 4 is 38.7 Å². The summed E-state index contributed by atoms with van der Waals surface area (Å²) in [5.41, 5.74) is 2.31. The number of fused-ring (bicyclic) bond motifs is 1. The first kappa shape index (κ1) is 28.0. The lowest BCUT2D eigenvalue weighted by Crippen LogP contribution is -2.23. The third-order valence-electron chi connectivity index (χ3n) is 6.23. The van der Waals surface area contributed by atoms with E-state index in [1.54, 1.807) is 25.1 Å². The second kappa shape index (κ2) is 12.2. The second-order valence-electron chi connectivity index (χ2n) is 9.14. The number of hydrogen-bond acceptors (Lipinski definition) is 7. The second-order valence-corrected chi connectivity index (χ2v) is 10.1. The van der Waals surface area contributed by atoms with Crippen LogP contribution in [-0.4, -0.2) is 27.4 Å². The largest absolute Gasteiger partial charge is 0.490 e. The summed E-state index contributed by atoms with van der Waals surface area (Å²) in [4.78, 5) is 29.6. The molecule has 4 rings (SSSR count). The molecule has 0 aliphatic rings. The molecule has 9 nitrogen and oxygen atoms in total. The Morgan fingerprint density at radius 2 is 1.95 bits per heavy atom. The van der Waals surface area contributed by atoms with Crippen molar-refractivity contribution < 1.29 is 14.4 Å². The van der Waals surface area contributed by atoms with Gasteiger partial charge in [-0.25, -0.2) is 4.98 Å². The highest BCUT2D eigenvalue weighted by molar-refractivity contribution is 9.10. The summed E-state index contributed by atoms with van der Waals surface area (Å²) in [7, 11) is 0. The summed E-state index contributed by atoms with van der Waals surface area (Å²) < 4.78 is 13.6. The van der Waals surface area contributed by atoms with E-state index >= 15 is 0 Å². The normalized spacial score (nSPS) is 12.1. The van der Waals surface area contributed by atoms with Crippen LogP contribution in [0.1, 0.15) is 55.6 Å². The van der Waals surface area contributed by atoms with Crippen molar-refractivity contribution in [1.29, 1.82) is 0 Å². The summed E-state index contributed by atoms with van der Waals surface area (Å²) in [6, 6.07) is 16.0. The van der Waals surface area contributed by atoms with E-state index in [1.165, 1.54) is 17.0 Å². The van der Waals surface area contributed by atoms with Crippen LogP contribution in [0.3, 0.4) is 0 Å². The Hall–Kier alpha value is -4.05. The molecule has 0 radical (unpaired) electrons. The molecule has 0 fully saturated rings. The number of nitro benzene ring substituents is 1. The van der Waals surface area contributed by atoms with Gasteiger partial charge in [-0.05, 0) is 50.1 Å². The number of aromatic nitrogens is 2. The average Bonchev–Trinajstić information content (AvgIpc) is 2.91. The van der Waals surface area contributed by atoms with Gasteiger partial charge in [0, 0.05) is 22.0 Å². The molecule has 0 amide bonds. The van der Waals surface area contributed by atoms with Crippen LogP contribution in [0, 0.1) is 17.0 Å². The maximum atomic E-state index is 13.4. The molecule has 39 heavy (non-hydrogen) atoms. The van der Waals surface area contributed by atoms with Crippen LogP contribution in [0.25, 0.3) is 10.9 Å². The highest BCUT2D eigenvalue weighted by Gasteiger charge is 2.23. The van der Waals surface area contributed by atoms with Gasteiger partial charge < -0.3 is 9.47 Å². The van der Waals surface area contributed by atoms with Gasteiger partial charge in [0.1, 0.15) is 12.4 Å². The van der Waals surface area contributed by atoms with Crippen LogP contribution in [0.5, 0.6) is 11.5 Å². The fourth-order valence-electron chi connectivity index (χ4n) is 4.09. The fourth-order valence-corrected chi connectivity index (χ4v) is 4.45. The quantitative estimate of drug-likeness (QED) is 0.114. The monoisotopic (exact) mass is 592 g/mol. The predicted octanol–water partition coefficient (Wildman–Crippen LogP) is 6.75. The molecule has 0 aliphatic carbocycles. The minimum absolute atomic E-state index is 0.0372. The van der Waals surface area contributed by atoms with Gasteiger partial charge in [-0.15, -0.1) is 0 Å². The number of rotatable bonds is 10. The third kappa shape index (κ3) is 6.34. The maximum Gasteiger partial charge on any atom is 0.315 e. The standard InChI is InChI=1S/C29H29BrN4O5/c1-5-19(4)28-32-24-11-10-22(30)15-23(24)29(35)33(28)31-16-21-13-25(34(36)37)27(26(14-21)38-6-2)39-17-20-9-7-8-18(3)12-20/h7-16,19H,5-6,17H2,1-4H3/t19-/m0/s1. The number of hydrogen-bond donors (Lipinski definition) is 0. The van der Waals surface area contributed by atoms with Crippen molar-refractivity contribution in [2.24, 2.45) is 5.10 Å². The van der Waals surface area contributed by atoms with Crippen molar-refractivity contribution in [2.45, 2.75) is 46.6 Å². The summed E-state index contributed by atoms with van der Waals surface area (Å²) in [6.45, 7) is 8.14. The summed E-state index contributed by atoms with van der Waals surface area (Å²) in [5, 5.41) is 16.9. The molecule has 4 aromatic rings. The number of aryl methyl sites for hydroxylation is 1. The van der Waals surface area contributed by atoms with Crippen molar-refractivity contribution in [2.75, 3.05) is 6.61 Å². The molecule has 202 valence electrons. The maximum absolute atomic E-state index is 13.4. The Morgan fingerprint density at radius 1 is 1.15 bits per heavy atom. The Bertz CT molecular complexity index is 1620. The van der Waals surface area contributed by atoms with Crippen LogP contribution >= 0.6 is 15.9 Å². The molecule has 1 heterocycles. The van der Waals surface area contributed by atoms with Crippen molar-refractivity contribution in [3.8, 4) is 11.5 Å². The Morgan fingerprint density at radius 3 is 2.64 bits per heavy atom. The topological polar surface area (TPSA) is 109 Å². The van der Waals surface area contributed by atoms with Crippen LogP contribution in [0.2, 0.25) is 0 Å². The Kier molecular flexibility index (Phi) is 8.75. The van der Waals surface area contributed by atoms with Gasteiger partial charge in [-0.3, -0.25) is 14.9 Å². The first-order chi connectivity index (χ1) is 18.7. The van der Waals surface area contributed by atoms with Gasteiger partial charge >= 0.3 is 5.69 Å². The van der Waals surface area contributed by atoms with Crippen LogP contribution in [0.15, 0.2) is 69.0 Å². The number of nitrogens with zero attached hydrogens (tertiary/aromatic N) is 4. The van der Waals surface area contributed by atoms with Crippen LogP contribution in [0.4, 0.5) is 5.69 Å². The Balaban J connectivity index is 1.79. The molecule has 3 aromatic carbocycles. The zero-order valence-corrected chi connectivity index (χ0v) is 23.8. The van der Waals surface area contributed by atoms with Gasteiger partial charge in [0.2, 0.25) is 5.75 Å². The zero-order valence-electron chi connectivity index (χ0n) is 22.2. The van der Waals surface area contributed by atoms with Crippen molar-refractivity contribution in [3.05, 3.63) is 102 Å². The lowest BCUT2D eigenvalue weighted by atomic mass is 10.1. The molecular formula is C29H29BrN4O5. The van der Waals surface area contributed by atoms with Crippen molar-refractivity contribution in [1.82, 2.24) is 9.66 Å². The van der Waals surface area contributed by atoms with E-state index < -0.39 is 4.92 Å². The zero-order chi connectivity index (χ0) is 28.1. The number of benzene rings is 3. The Labute approximate surface area is 234 Å². The van der Waals surface area contributed by atoms with Crippen LogP contribution < -0.4 is 15.0 Å².